The van der Waals surface area contributed by atoms with Crippen LogP contribution in [-0.2, 0) is 11.3 Å². The molecule has 3 rings (SSSR count). The number of carbonyl (C=O) groups is 1. The highest BCUT2D eigenvalue weighted by Gasteiger charge is 2.45. The van der Waals surface area contributed by atoms with E-state index in [9.17, 15) is 9.18 Å². The fraction of sp³-hybridized carbons (Fsp3) is 0.188. The van der Waals surface area contributed by atoms with Gasteiger partial charge in [-0.15, -0.1) is 0 Å². The number of halogens is 2. The van der Waals surface area contributed by atoms with Gasteiger partial charge < -0.3 is 10.6 Å². The van der Waals surface area contributed by atoms with Crippen molar-refractivity contribution in [1.82, 2.24) is 4.90 Å². The van der Waals surface area contributed by atoms with Crippen LogP contribution in [0.25, 0.3) is 0 Å². The minimum atomic E-state index is -0.552. The molecule has 5 heteroatoms. The van der Waals surface area contributed by atoms with Gasteiger partial charge in [-0.05, 0) is 35.4 Å². The third-order valence-electron chi connectivity index (χ3n) is 3.70. The van der Waals surface area contributed by atoms with Crippen molar-refractivity contribution in [3.63, 3.8) is 0 Å². The highest BCUT2D eigenvalue weighted by Crippen LogP contribution is 2.35. The van der Waals surface area contributed by atoms with Crippen LogP contribution in [0, 0.1) is 5.82 Å². The molecule has 0 radical (unpaired) electrons. The van der Waals surface area contributed by atoms with E-state index in [1.165, 1.54) is 12.1 Å². The van der Waals surface area contributed by atoms with Crippen LogP contribution in [0.1, 0.15) is 17.2 Å². The summed E-state index contributed by atoms with van der Waals surface area (Å²) in [5, 5.41) is 0.612. The molecule has 1 saturated heterocycles. The molecule has 1 heterocycles. The number of amides is 1. The largest absolute Gasteiger partial charge is 0.328 e. The van der Waals surface area contributed by atoms with E-state index in [4.69, 9.17) is 17.3 Å². The van der Waals surface area contributed by atoms with Gasteiger partial charge in [0.2, 0.25) is 5.91 Å². The molecule has 0 bridgehead atoms. The topological polar surface area (TPSA) is 46.3 Å². The summed E-state index contributed by atoms with van der Waals surface area (Å²) >= 11 is 5.99. The maximum Gasteiger partial charge on any atom is 0.242 e. The van der Waals surface area contributed by atoms with Crippen LogP contribution in [-0.4, -0.2) is 16.8 Å². The Labute approximate surface area is 127 Å². The van der Waals surface area contributed by atoms with Crippen molar-refractivity contribution in [2.75, 3.05) is 0 Å². The first kappa shape index (κ1) is 14.0. The zero-order valence-electron chi connectivity index (χ0n) is 11.2. The van der Waals surface area contributed by atoms with Crippen molar-refractivity contribution in [2.45, 2.75) is 18.6 Å². The van der Waals surface area contributed by atoms with E-state index in [-0.39, 0.29) is 17.8 Å². The summed E-state index contributed by atoms with van der Waals surface area (Å²) in [6, 6.07) is 12.7. The van der Waals surface area contributed by atoms with Crippen LogP contribution < -0.4 is 5.73 Å². The zero-order chi connectivity index (χ0) is 15.0. The predicted molar refractivity (Wildman–Crippen MR) is 79.1 cm³/mol. The van der Waals surface area contributed by atoms with Crippen LogP contribution in [0.2, 0.25) is 5.02 Å². The fourth-order valence-corrected chi connectivity index (χ4v) is 2.81. The molecule has 0 aliphatic carbocycles. The van der Waals surface area contributed by atoms with Crippen LogP contribution in [0.15, 0.2) is 48.5 Å². The Hall–Kier alpha value is -1.91. The Morgan fingerprint density at radius 2 is 1.90 bits per heavy atom. The number of hydrogen-bond acceptors (Lipinski definition) is 2. The van der Waals surface area contributed by atoms with E-state index in [2.05, 4.69) is 0 Å². The number of hydrogen-bond donors (Lipinski definition) is 1. The molecule has 1 aliphatic rings. The number of nitrogens with zero attached hydrogens (tertiary/aromatic N) is 1. The second-order valence-corrected chi connectivity index (χ2v) is 5.55. The van der Waals surface area contributed by atoms with Gasteiger partial charge in [0.25, 0.3) is 0 Å². The van der Waals surface area contributed by atoms with Crippen LogP contribution in [0.4, 0.5) is 4.39 Å². The second kappa shape index (κ2) is 5.47. The molecule has 1 aliphatic heterocycles. The molecule has 2 N–H and O–H groups in total. The monoisotopic (exact) mass is 304 g/mol. The summed E-state index contributed by atoms with van der Waals surface area (Å²) in [5.74, 6) is -0.402. The van der Waals surface area contributed by atoms with Crippen molar-refractivity contribution in [2.24, 2.45) is 5.73 Å². The molecule has 0 aromatic heterocycles. The third kappa shape index (κ3) is 2.64. The lowest BCUT2D eigenvalue weighted by Gasteiger charge is -2.45. The normalized spacial score (nSPS) is 21.3. The summed E-state index contributed by atoms with van der Waals surface area (Å²) in [4.78, 5) is 13.7. The van der Waals surface area contributed by atoms with Gasteiger partial charge in [-0.1, -0.05) is 35.9 Å². The van der Waals surface area contributed by atoms with Gasteiger partial charge >= 0.3 is 0 Å². The van der Waals surface area contributed by atoms with E-state index >= 15 is 0 Å². The molecular weight excluding hydrogens is 291 g/mol. The molecule has 2 aromatic rings. The lowest BCUT2D eigenvalue weighted by molar-refractivity contribution is -0.150. The summed E-state index contributed by atoms with van der Waals surface area (Å²) < 4.78 is 12.9. The number of carbonyl (C=O) groups excluding carboxylic acids is 1. The summed E-state index contributed by atoms with van der Waals surface area (Å²) in [7, 11) is 0. The second-order valence-electron chi connectivity index (χ2n) is 5.12. The Balaban J connectivity index is 1.83. The molecule has 21 heavy (non-hydrogen) atoms. The molecule has 0 saturated carbocycles. The van der Waals surface area contributed by atoms with Crippen molar-refractivity contribution < 1.29 is 9.18 Å². The zero-order valence-corrected chi connectivity index (χ0v) is 11.9. The molecule has 108 valence electrons. The van der Waals surface area contributed by atoms with E-state index in [1.807, 2.05) is 18.2 Å². The van der Waals surface area contributed by atoms with Gasteiger partial charge in [0.05, 0.1) is 6.04 Å². The fourth-order valence-electron chi connectivity index (χ4n) is 2.62. The highest BCUT2D eigenvalue weighted by atomic mass is 35.5. The summed E-state index contributed by atoms with van der Waals surface area (Å²) in [6.07, 6.45) is 0. The highest BCUT2D eigenvalue weighted by molar-refractivity contribution is 6.30. The van der Waals surface area contributed by atoms with Gasteiger partial charge in [0.1, 0.15) is 11.9 Å². The van der Waals surface area contributed by atoms with Crippen LogP contribution in [0.3, 0.4) is 0 Å². The first-order valence-corrected chi connectivity index (χ1v) is 7.00. The first-order valence-electron chi connectivity index (χ1n) is 6.62. The Morgan fingerprint density at radius 3 is 2.57 bits per heavy atom. The number of β-lactam (4-membered cyclic amide) rings is 1. The minimum absolute atomic E-state index is 0.107. The smallest absolute Gasteiger partial charge is 0.242 e. The standard InChI is InChI=1S/C16H14ClFN2O/c17-12-3-1-2-11(8-12)15-14(19)16(21)20(15)9-10-4-6-13(18)7-5-10/h1-8,14-15H,9,19H2/t14-,15+/m1/s1. The molecule has 2 atom stereocenters. The van der Waals surface area contributed by atoms with Crippen molar-refractivity contribution >= 4 is 17.5 Å². The molecule has 1 amide bonds. The molecule has 3 nitrogen and oxygen atoms in total. The van der Waals surface area contributed by atoms with Gasteiger partial charge in [-0.3, -0.25) is 4.79 Å². The lowest BCUT2D eigenvalue weighted by atomic mass is 9.88. The van der Waals surface area contributed by atoms with Crippen molar-refractivity contribution in [3.8, 4) is 0 Å². The van der Waals surface area contributed by atoms with E-state index in [0.717, 1.165) is 11.1 Å². The molecule has 2 aromatic carbocycles. The summed E-state index contributed by atoms with van der Waals surface area (Å²) in [5.41, 5.74) is 7.70. The predicted octanol–water partition coefficient (Wildman–Crippen LogP) is 2.89. The molecule has 1 fully saturated rings. The molecular formula is C16H14ClFN2O. The average Bonchev–Trinajstić information content (AvgIpc) is 2.48. The van der Waals surface area contributed by atoms with E-state index in [0.29, 0.717) is 11.6 Å². The Bertz CT molecular complexity index is 674. The van der Waals surface area contributed by atoms with Gasteiger partial charge in [-0.25, -0.2) is 4.39 Å². The number of rotatable bonds is 3. The quantitative estimate of drug-likeness (QED) is 0.886. The van der Waals surface area contributed by atoms with E-state index < -0.39 is 6.04 Å². The molecule has 0 unspecified atom stereocenters. The Morgan fingerprint density at radius 1 is 1.19 bits per heavy atom. The Kier molecular flexibility index (Phi) is 3.66. The number of likely N-dealkylation sites (tertiary alicyclic amines) is 1. The third-order valence-corrected chi connectivity index (χ3v) is 3.94. The maximum atomic E-state index is 12.9. The number of benzene rings is 2. The first-order chi connectivity index (χ1) is 10.1. The van der Waals surface area contributed by atoms with Crippen molar-refractivity contribution in [3.05, 3.63) is 70.5 Å². The van der Waals surface area contributed by atoms with Gasteiger partial charge in [0, 0.05) is 11.6 Å². The maximum absolute atomic E-state index is 12.9. The van der Waals surface area contributed by atoms with Gasteiger partial charge in [-0.2, -0.15) is 0 Å². The van der Waals surface area contributed by atoms with Gasteiger partial charge in [0.15, 0.2) is 0 Å². The number of nitrogens with two attached hydrogens (primary N) is 1. The minimum Gasteiger partial charge on any atom is -0.328 e. The van der Waals surface area contributed by atoms with Crippen molar-refractivity contribution in [1.29, 1.82) is 0 Å². The lowest BCUT2D eigenvalue weighted by Crippen LogP contribution is -2.62. The SMILES string of the molecule is N[C@H]1C(=O)N(Cc2ccc(F)cc2)[C@H]1c1cccc(Cl)c1. The summed E-state index contributed by atoms with van der Waals surface area (Å²) in [6.45, 7) is 0.407. The van der Waals surface area contributed by atoms with Crippen LogP contribution >= 0.6 is 11.6 Å². The molecule has 0 spiro atoms. The van der Waals surface area contributed by atoms with E-state index in [1.54, 1.807) is 23.1 Å². The average molecular weight is 305 g/mol. The van der Waals surface area contributed by atoms with Crippen LogP contribution in [0.5, 0.6) is 0 Å².